The molecular formula is C16H23N3O2. The lowest BCUT2D eigenvalue weighted by Crippen LogP contribution is -2.42. The predicted octanol–water partition coefficient (Wildman–Crippen LogP) is 1.59. The van der Waals surface area contributed by atoms with Crippen LogP contribution in [0.4, 0.5) is 0 Å². The SMILES string of the molecule is CC(C)c1ccc(/C=N\NC(=O)CN2CCOCC2)cc1. The predicted molar refractivity (Wildman–Crippen MR) is 83.5 cm³/mol. The van der Waals surface area contributed by atoms with Gasteiger partial charge >= 0.3 is 0 Å². The molecule has 1 aliphatic rings. The number of carbonyl (C=O) groups excluding carboxylic acids is 1. The van der Waals surface area contributed by atoms with Gasteiger partial charge in [0.1, 0.15) is 0 Å². The van der Waals surface area contributed by atoms with E-state index in [4.69, 9.17) is 4.74 Å². The standard InChI is InChI=1S/C16H23N3O2/c1-13(2)15-5-3-14(4-6-15)11-17-18-16(20)12-19-7-9-21-10-8-19/h3-6,11,13H,7-10,12H2,1-2H3,(H,18,20)/b17-11-. The number of morpholine rings is 1. The van der Waals surface area contributed by atoms with Crippen molar-refractivity contribution in [2.45, 2.75) is 19.8 Å². The van der Waals surface area contributed by atoms with Crippen molar-refractivity contribution in [1.82, 2.24) is 10.3 Å². The summed E-state index contributed by atoms with van der Waals surface area (Å²) in [6, 6.07) is 8.18. The molecule has 1 amide bonds. The highest BCUT2D eigenvalue weighted by Gasteiger charge is 2.13. The molecular weight excluding hydrogens is 266 g/mol. The summed E-state index contributed by atoms with van der Waals surface area (Å²) < 4.78 is 5.24. The largest absolute Gasteiger partial charge is 0.379 e. The van der Waals surface area contributed by atoms with Gasteiger partial charge in [0.05, 0.1) is 26.0 Å². The van der Waals surface area contributed by atoms with E-state index in [0.717, 1.165) is 18.7 Å². The van der Waals surface area contributed by atoms with E-state index >= 15 is 0 Å². The van der Waals surface area contributed by atoms with Crippen LogP contribution in [0.15, 0.2) is 29.4 Å². The monoisotopic (exact) mass is 289 g/mol. The van der Waals surface area contributed by atoms with E-state index in [2.05, 4.69) is 41.4 Å². The summed E-state index contributed by atoms with van der Waals surface area (Å²) in [4.78, 5) is 13.8. The number of benzene rings is 1. The topological polar surface area (TPSA) is 53.9 Å². The normalized spacial score (nSPS) is 16.5. The van der Waals surface area contributed by atoms with Crippen LogP contribution in [0.25, 0.3) is 0 Å². The molecule has 1 saturated heterocycles. The van der Waals surface area contributed by atoms with Gasteiger partial charge in [-0.1, -0.05) is 38.1 Å². The molecule has 0 atom stereocenters. The molecule has 114 valence electrons. The highest BCUT2D eigenvalue weighted by Crippen LogP contribution is 2.13. The second kappa shape index (κ2) is 7.90. The molecule has 1 heterocycles. The molecule has 21 heavy (non-hydrogen) atoms. The third-order valence-corrected chi connectivity index (χ3v) is 3.48. The molecule has 0 aromatic heterocycles. The third kappa shape index (κ3) is 5.28. The van der Waals surface area contributed by atoms with Gasteiger partial charge in [-0.2, -0.15) is 5.10 Å². The minimum absolute atomic E-state index is 0.0908. The summed E-state index contributed by atoms with van der Waals surface area (Å²) in [5, 5.41) is 4.00. The molecule has 1 fully saturated rings. The first kappa shape index (κ1) is 15.7. The van der Waals surface area contributed by atoms with Crippen molar-refractivity contribution in [2.75, 3.05) is 32.8 Å². The Labute approximate surface area is 126 Å². The Balaban J connectivity index is 1.77. The first-order valence-electron chi connectivity index (χ1n) is 7.37. The number of carbonyl (C=O) groups is 1. The maximum absolute atomic E-state index is 11.7. The zero-order valence-corrected chi connectivity index (χ0v) is 12.7. The minimum Gasteiger partial charge on any atom is -0.379 e. The Morgan fingerprint density at radius 2 is 2.00 bits per heavy atom. The quantitative estimate of drug-likeness (QED) is 0.661. The molecule has 5 heteroatoms. The lowest BCUT2D eigenvalue weighted by Gasteiger charge is -2.25. The summed E-state index contributed by atoms with van der Waals surface area (Å²) in [7, 11) is 0. The Morgan fingerprint density at radius 3 is 2.62 bits per heavy atom. The third-order valence-electron chi connectivity index (χ3n) is 3.48. The van der Waals surface area contributed by atoms with Crippen LogP contribution in [0.5, 0.6) is 0 Å². The van der Waals surface area contributed by atoms with Gasteiger partial charge in [0.2, 0.25) is 0 Å². The van der Waals surface area contributed by atoms with Crippen LogP contribution in [0.2, 0.25) is 0 Å². The molecule has 0 bridgehead atoms. The van der Waals surface area contributed by atoms with Gasteiger partial charge in [-0.05, 0) is 17.0 Å². The van der Waals surface area contributed by atoms with Crippen molar-refractivity contribution in [2.24, 2.45) is 5.10 Å². The van der Waals surface area contributed by atoms with Crippen LogP contribution in [0.1, 0.15) is 30.9 Å². The Bertz CT molecular complexity index is 477. The molecule has 2 rings (SSSR count). The van der Waals surface area contributed by atoms with Crippen molar-refractivity contribution < 1.29 is 9.53 Å². The zero-order valence-electron chi connectivity index (χ0n) is 12.7. The summed E-state index contributed by atoms with van der Waals surface area (Å²) in [6.07, 6.45) is 1.67. The van der Waals surface area contributed by atoms with Crippen molar-refractivity contribution in [3.05, 3.63) is 35.4 Å². The number of hydrogen-bond acceptors (Lipinski definition) is 4. The summed E-state index contributed by atoms with van der Waals surface area (Å²) in [5.74, 6) is 0.427. The van der Waals surface area contributed by atoms with Crippen molar-refractivity contribution in [3.63, 3.8) is 0 Å². The average molecular weight is 289 g/mol. The van der Waals surface area contributed by atoms with E-state index in [0.29, 0.717) is 25.7 Å². The van der Waals surface area contributed by atoms with Gasteiger partial charge in [0, 0.05) is 13.1 Å². The van der Waals surface area contributed by atoms with Crippen LogP contribution in [0.3, 0.4) is 0 Å². The smallest absolute Gasteiger partial charge is 0.254 e. The highest BCUT2D eigenvalue weighted by molar-refractivity contribution is 5.83. The van der Waals surface area contributed by atoms with Gasteiger partial charge in [0.15, 0.2) is 0 Å². The molecule has 0 spiro atoms. The number of nitrogens with one attached hydrogen (secondary N) is 1. The second-order valence-electron chi connectivity index (χ2n) is 5.50. The molecule has 0 saturated carbocycles. The Hall–Kier alpha value is -1.72. The van der Waals surface area contributed by atoms with Crippen LogP contribution in [0, 0.1) is 0 Å². The van der Waals surface area contributed by atoms with Crippen LogP contribution in [-0.2, 0) is 9.53 Å². The number of amides is 1. The lowest BCUT2D eigenvalue weighted by atomic mass is 10.0. The van der Waals surface area contributed by atoms with Crippen molar-refractivity contribution in [3.8, 4) is 0 Å². The molecule has 1 aliphatic heterocycles. The first-order chi connectivity index (χ1) is 10.1. The van der Waals surface area contributed by atoms with E-state index in [1.54, 1.807) is 6.21 Å². The number of hydrogen-bond donors (Lipinski definition) is 1. The molecule has 1 N–H and O–H groups in total. The zero-order chi connectivity index (χ0) is 15.1. The first-order valence-corrected chi connectivity index (χ1v) is 7.37. The van der Waals surface area contributed by atoms with Crippen molar-refractivity contribution >= 4 is 12.1 Å². The maximum atomic E-state index is 11.7. The fraction of sp³-hybridized carbons (Fsp3) is 0.500. The van der Waals surface area contributed by atoms with Crippen LogP contribution in [-0.4, -0.2) is 49.9 Å². The minimum atomic E-state index is -0.0908. The van der Waals surface area contributed by atoms with E-state index in [-0.39, 0.29) is 5.91 Å². The average Bonchev–Trinajstić information content (AvgIpc) is 2.49. The number of rotatable bonds is 5. The number of nitrogens with zero attached hydrogens (tertiary/aromatic N) is 2. The van der Waals surface area contributed by atoms with Gasteiger partial charge in [-0.3, -0.25) is 9.69 Å². The Morgan fingerprint density at radius 1 is 1.33 bits per heavy atom. The summed E-state index contributed by atoms with van der Waals surface area (Å²) >= 11 is 0. The number of hydrazone groups is 1. The van der Waals surface area contributed by atoms with Crippen LogP contribution < -0.4 is 5.43 Å². The summed E-state index contributed by atoms with van der Waals surface area (Å²) in [5.41, 5.74) is 4.84. The molecule has 5 nitrogen and oxygen atoms in total. The fourth-order valence-corrected chi connectivity index (χ4v) is 2.14. The number of ether oxygens (including phenoxy) is 1. The molecule has 1 aromatic carbocycles. The Kier molecular flexibility index (Phi) is 5.90. The maximum Gasteiger partial charge on any atom is 0.254 e. The van der Waals surface area contributed by atoms with Crippen LogP contribution >= 0.6 is 0 Å². The van der Waals surface area contributed by atoms with E-state index < -0.39 is 0 Å². The molecule has 0 aliphatic carbocycles. The highest BCUT2D eigenvalue weighted by atomic mass is 16.5. The van der Waals surface area contributed by atoms with E-state index in [1.807, 2.05) is 12.1 Å². The molecule has 0 radical (unpaired) electrons. The fourth-order valence-electron chi connectivity index (χ4n) is 2.14. The van der Waals surface area contributed by atoms with E-state index in [9.17, 15) is 4.79 Å². The molecule has 1 aromatic rings. The summed E-state index contributed by atoms with van der Waals surface area (Å²) in [6.45, 7) is 7.68. The second-order valence-corrected chi connectivity index (χ2v) is 5.50. The van der Waals surface area contributed by atoms with Gasteiger partial charge in [-0.15, -0.1) is 0 Å². The van der Waals surface area contributed by atoms with Gasteiger partial charge < -0.3 is 4.74 Å². The van der Waals surface area contributed by atoms with E-state index in [1.165, 1.54) is 5.56 Å². The van der Waals surface area contributed by atoms with Gasteiger partial charge in [-0.25, -0.2) is 5.43 Å². The lowest BCUT2D eigenvalue weighted by molar-refractivity contribution is -0.123. The van der Waals surface area contributed by atoms with Crippen molar-refractivity contribution in [1.29, 1.82) is 0 Å². The molecule has 0 unspecified atom stereocenters. The van der Waals surface area contributed by atoms with Gasteiger partial charge in [0.25, 0.3) is 5.91 Å².